The van der Waals surface area contributed by atoms with Gasteiger partial charge < -0.3 is 15.5 Å². The summed E-state index contributed by atoms with van der Waals surface area (Å²) in [5.74, 6) is 0.846. The van der Waals surface area contributed by atoms with Gasteiger partial charge in [-0.1, -0.05) is 30.3 Å². The minimum Gasteiger partial charge on any atom is -0.356 e. The van der Waals surface area contributed by atoms with E-state index in [1.807, 2.05) is 48.7 Å². The highest BCUT2D eigenvalue weighted by Crippen LogP contribution is 2.16. The average Bonchev–Trinajstić information content (AvgIpc) is 3.06. The number of hydrogen-bond acceptors (Lipinski definition) is 3. The Morgan fingerprint density at radius 1 is 1.21 bits per heavy atom. The van der Waals surface area contributed by atoms with Crippen molar-refractivity contribution < 1.29 is 4.79 Å². The van der Waals surface area contributed by atoms with Crippen LogP contribution in [0.3, 0.4) is 0 Å². The van der Waals surface area contributed by atoms with Gasteiger partial charge in [0.05, 0.1) is 0 Å². The molecule has 0 fully saturated rings. The van der Waals surface area contributed by atoms with Crippen molar-refractivity contribution in [2.75, 3.05) is 20.6 Å². The highest BCUT2D eigenvalue weighted by molar-refractivity contribution is 14.0. The van der Waals surface area contributed by atoms with Gasteiger partial charge in [-0.2, -0.15) is 0 Å². The Kier molecular flexibility index (Phi) is 11.1. The van der Waals surface area contributed by atoms with Crippen LogP contribution in [0.5, 0.6) is 0 Å². The molecule has 1 atom stereocenters. The van der Waals surface area contributed by atoms with E-state index < -0.39 is 0 Å². The standard InChI is InChI=1S/C21H30N4OS.HI/c1-16(14-19-11-10-17(2)27-19)24-21(22-3)23-13-12-20(26)25(4)15-18-8-6-5-7-9-18;/h5-11,16H,12-15H2,1-4H3,(H2,22,23,24);1H. The number of nitrogens with one attached hydrogen (secondary N) is 2. The molecule has 0 radical (unpaired) electrons. The van der Waals surface area contributed by atoms with E-state index in [4.69, 9.17) is 0 Å². The number of rotatable bonds is 8. The maximum Gasteiger partial charge on any atom is 0.224 e. The van der Waals surface area contributed by atoms with E-state index in [2.05, 4.69) is 41.6 Å². The van der Waals surface area contributed by atoms with E-state index in [0.717, 1.165) is 17.9 Å². The van der Waals surface area contributed by atoms with Crippen LogP contribution in [0.15, 0.2) is 47.5 Å². The number of thiophene rings is 1. The monoisotopic (exact) mass is 514 g/mol. The van der Waals surface area contributed by atoms with Crippen LogP contribution in [0, 0.1) is 6.92 Å². The molecule has 0 aliphatic carbocycles. The first kappa shape index (κ1) is 24.4. The molecule has 1 aromatic carbocycles. The first-order valence-corrected chi connectivity index (χ1v) is 10.1. The Morgan fingerprint density at radius 3 is 2.54 bits per heavy atom. The molecule has 0 spiro atoms. The molecule has 2 N–H and O–H groups in total. The molecule has 1 amide bonds. The molecule has 1 heterocycles. The summed E-state index contributed by atoms with van der Waals surface area (Å²) in [6.07, 6.45) is 1.39. The maximum absolute atomic E-state index is 12.3. The summed E-state index contributed by atoms with van der Waals surface area (Å²) < 4.78 is 0. The van der Waals surface area contributed by atoms with Crippen LogP contribution in [0.25, 0.3) is 0 Å². The summed E-state index contributed by atoms with van der Waals surface area (Å²) in [6, 6.07) is 14.6. The van der Waals surface area contributed by atoms with E-state index >= 15 is 0 Å². The van der Waals surface area contributed by atoms with E-state index in [9.17, 15) is 4.79 Å². The van der Waals surface area contributed by atoms with Crippen molar-refractivity contribution in [1.82, 2.24) is 15.5 Å². The van der Waals surface area contributed by atoms with Gasteiger partial charge in [-0.05, 0) is 31.5 Å². The lowest BCUT2D eigenvalue weighted by molar-refractivity contribution is -0.130. The molecule has 2 aromatic rings. The maximum atomic E-state index is 12.3. The predicted octanol–water partition coefficient (Wildman–Crippen LogP) is 3.82. The molecule has 1 aromatic heterocycles. The zero-order chi connectivity index (χ0) is 19.6. The van der Waals surface area contributed by atoms with Gasteiger partial charge in [0.25, 0.3) is 0 Å². The van der Waals surface area contributed by atoms with Crippen LogP contribution in [0.1, 0.15) is 28.7 Å². The number of nitrogens with zero attached hydrogens (tertiary/aromatic N) is 2. The lowest BCUT2D eigenvalue weighted by Gasteiger charge is -2.19. The van der Waals surface area contributed by atoms with Crippen LogP contribution in [-0.4, -0.2) is 43.4 Å². The fourth-order valence-corrected chi connectivity index (χ4v) is 3.82. The zero-order valence-electron chi connectivity index (χ0n) is 17.1. The van der Waals surface area contributed by atoms with E-state index in [1.165, 1.54) is 9.75 Å². The second-order valence-electron chi connectivity index (χ2n) is 6.75. The van der Waals surface area contributed by atoms with Gasteiger partial charge in [0.2, 0.25) is 5.91 Å². The SMILES string of the molecule is CN=C(NCCC(=O)N(C)Cc1ccccc1)NC(C)Cc1ccc(C)s1.I. The lowest BCUT2D eigenvalue weighted by Crippen LogP contribution is -2.44. The Morgan fingerprint density at radius 2 is 1.93 bits per heavy atom. The predicted molar refractivity (Wildman–Crippen MR) is 130 cm³/mol. The summed E-state index contributed by atoms with van der Waals surface area (Å²) in [5.41, 5.74) is 1.14. The Hall–Kier alpha value is -1.61. The summed E-state index contributed by atoms with van der Waals surface area (Å²) in [5, 5.41) is 6.62. The number of benzene rings is 1. The topological polar surface area (TPSA) is 56.7 Å². The lowest BCUT2D eigenvalue weighted by atomic mass is 10.2. The third-order valence-electron chi connectivity index (χ3n) is 4.23. The van der Waals surface area contributed by atoms with Gasteiger partial charge in [0.15, 0.2) is 5.96 Å². The van der Waals surface area contributed by atoms with Crippen molar-refractivity contribution in [1.29, 1.82) is 0 Å². The summed E-state index contributed by atoms with van der Waals surface area (Å²) in [7, 11) is 3.59. The zero-order valence-corrected chi connectivity index (χ0v) is 20.2. The number of aliphatic imine (C=N–C) groups is 1. The third kappa shape index (κ3) is 8.60. The smallest absolute Gasteiger partial charge is 0.224 e. The number of amides is 1. The number of guanidine groups is 1. The molecule has 0 saturated carbocycles. The number of carbonyl (C=O) groups is 1. The molecule has 5 nitrogen and oxygen atoms in total. The molecule has 1 unspecified atom stereocenters. The van der Waals surface area contributed by atoms with Crippen LogP contribution < -0.4 is 10.6 Å². The van der Waals surface area contributed by atoms with Crippen LogP contribution >= 0.6 is 35.3 Å². The number of carbonyl (C=O) groups excluding carboxylic acids is 1. The molecular weight excluding hydrogens is 483 g/mol. The first-order chi connectivity index (χ1) is 13.0. The van der Waals surface area contributed by atoms with E-state index in [1.54, 1.807) is 11.9 Å². The van der Waals surface area contributed by atoms with Crippen molar-refractivity contribution in [3.63, 3.8) is 0 Å². The minimum atomic E-state index is 0. The fraction of sp³-hybridized carbons (Fsp3) is 0.429. The summed E-state index contributed by atoms with van der Waals surface area (Å²) >= 11 is 1.83. The van der Waals surface area contributed by atoms with Crippen molar-refractivity contribution in [3.05, 3.63) is 57.8 Å². The van der Waals surface area contributed by atoms with Crippen molar-refractivity contribution >= 4 is 47.2 Å². The van der Waals surface area contributed by atoms with Crippen LogP contribution in [0.4, 0.5) is 0 Å². The third-order valence-corrected chi connectivity index (χ3v) is 5.25. The molecule has 0 bridgehead atoms. The highest BCUT2D eigenvalue weighted by atomic mass is 127. The molecule has 0 saturated heterocycles. The summed E-state index contributed by atoms with van der Waals surface area (Å²) in [6.45, 7) is 5.45. The molecule has 7 heteroatoms. The quantitative estimate of drug-likeness (QED) is 0.320. The minimum absolute atomic E-state index is 0. The van der Waals surface area contributed by atoms with E-state index in [0.29, 0.717) is 19.5 Å². The molecule has 154 valence electrons. The first-order valence-electron chi connectivity index (χ1n) is 9.28. The number of halogens is 1. The van der Waals surface area contributed by atoms with Crippen molar-refractivity contribution in [2.45, 2.75) is 39.3 Å². The highest BCUT2D eigenvalue weighted by Gasteiger charge is 2.11. The van der Waals surface area contributed by atoms with Crippen molar-refractivity contribution in [2.24, 2.45) is 4.99 Å². The molecule has 28 heavy (non-hydrogen) atoms. The Balaban J connectivity index is 0.00000392. The normalized spacial score (nSPS) is 12.1. The molecule has 0 aliphatic rings. The molecule has 2 rings (SSSR count). The molecular formula is C21H31IN4OS. The van der Waals surface area contributed by atoms with Gasteiger partial charge >= 0.3 is 0 Å². The van der Waals surface area contributed by atoms with E-state index in [-0.39, 0.29) is 35.9 Å². The van der Waals surface area contributed by atoms with Crippen LogP contribution in [-0.2, 0) is 17.8 Å². The fourth-order valence-electron chi connectivity index (χ4n) is 2.80. The van der Waals surface area contributed by atoms with Gasteiger partial charge in [0, 0.05) is 55.8 Å². The second kappa shape index (κ2) is 12.8. The van der Waals surface area contributed by atoms with Gasteiger partial charge in [0.1, 0.15) is 0 Å². The van der Waals surface area contributed by atoms with Crippen LogP contribution in [0.2, 0.25) is 0 Å². The summed E-state index contributed by atoms with van der Waals surface area (Å²) in [4.78, 5) is 21.0. The van der Waals surface area contributed by atoms with Gasteiger partial charge in [-0.3, -0.25) is 9.79 Å². The Bertz CT molecular complexity index is 748. The van der Waals surface area contributed by atoms with Gasteiger partial charge in [-0.25, -0.2) is 0 Å². The molecule has 0 aliphatic heterocycles. The number of aryl methyl sites for hydroxylation is 1. The largest absolute Gasteiger partial charge is 0.356 e. The number of hydrogen-bond donors (Lipinski definition) is 2. The second-order valence-corrected chi connectivity index (χ2v) is 8.12. The van der Waals surface area contributed by atoms with Gasteiger partial charge in [-0.15, -0.1) is 35.3 Å². The van der Waals surface area contributed by atoms with Crippen molar-refractivity contribution in [3.8, 4) is 0 Å². The Labute approximate surface area is 189 Å². The average molecular weight is 514 g/mol.